The number of nitrogens with zero attached hydrogens (tertiary/aromatic N) is 2. The summed E-state index contributed by atoms with van der Waals surface area (Å²) in [5.74, 6) is 0.409. The Morgan fingerprint density at radius 2 is 2.00 bits per heavy atom. The summed E-state index contributed by atoms with van der Waals surface area (Å²) in [6.45, 7) is 3.05. The highest BCUT2D eigenvalue weighted by Crippen LogP contribution is 2.16. The number of carbonyl (C=O) groups is 2. The first-order valence-corrected chi connectivity index (χ1v) is 8.93. The fourth-order valence-corrected chi connectivity index (χ4v) is 2.84. The van der Waals surface area contributed by atoms with Gasteiger partial charge in [0.2, 0.25) is 11.8 Å². The molecule has 142 valence electrons. The molecule has 1 aromatic carbocycles. The van der Waals surface area contributed by atoms with E-state index in [1.165, 1.54) is 0 Å². The van der Waals surface area contributed by atoms with Crippen molar-refractivity contribution in [1.82, 2.24) is 15.2 Å². The summed E-state index contributed by atoms with van der Waals surface area (Å²) >= 11 is 0. The number of alkyl carbamates (subject to hydrolysis) is 1. The molecule has 1 aliphatic rings. The average Bonchev–Trinajstić information content (AvgIpc) is 3.14. The Kier molecular flexibility index (Phi) is 6.25. The summed E-state index contributed by atoms with van der Waals surface area (Å²) in [6.07, 6.45) is 0.0382. The van der Waals surface area contributed by atoms with Crippen molar-refractivity contribution in [3.05, 3.63) is 59.8 Å². The summed E-state index contributed by atoms with van der Waals surface area (Å²) in [6, 6.07) is 15.0. The second-order valence-electron chi connectivity index (χ2n) is 6.40. The smallest absolute Gasteiger partial charge is 0.407 e. The van der Waals surface area contributed by atoms with Crippen LogP contribution in [0.1, 0.15) is 17.7 Å². The highest BCUT2D eigenvalue weighted by molar-refractivity contribution is 5.82. The lowest BCUT2D eigenvalue weighted by Crippen LogP contribution is -2.40. The van der Waals surface area contributed by atoms with Gasteiger partial charge in [0.15, 0.2) is 0 Å². The maximum atomic E-state index is 12.3. The van der Waals surface area contributed by atoms with E-state index in [4.69, 9.17) is 9.47 Å². The van der Waals surface area contributed by atoms with E-state index in [1.807, 2.05) is 55.5 Å². The first-order valence-electron chi connectivity index (χ1n) is 8.93. The van der Waals surface area contributed by atoms with Crippen LogP contribution in [0.15, 0.2) is 48.5 Å². The van der Waals surface area contributed by atoms with E-state index in [9.17, 15) is 9.59 Å². The Labute approximate surface area is 158 Å². The lowest BCUT2D eigenvalue weighted by Gasteiger charge is -2.17. The SMILES string of the molecule is Cc1cccc(O[C@H]2CCN(C(=O)CNC(=O)OCc3ccccc3)C2)n1. The number of amides is 2. The van der Waals surface area contributed by atoms with Crippen LogP contribution in [0.4, 0.5) is 4.79 Å². The molecule has 2 aromatic rings. The molecule has 0 aliphatic carbocycles. The molecule has 0 spiro atoms. The molecule has 1 fully saturated rings. The van der Waals surface area contributed by atoms with Crippen molar-refractivity contribution in [3.8, 4) is 5.88 Å². The molecule has 1 saturated heterocycles. The molecule has 7 heteroatoms. The maximum absolute atomic E-state index is 12.3. The van der Waals surface area contributed by atoms with Gasteiger partial charge in [-0.15, -0.1) is 0 Å². The van der Waals surface area contributed by atoms with Crippen LogP contribution in [0.2, 0.25) is 0 Å². The average molecular weight is 369 g/mol. The molecule has 0 unspecified atom stereocenters. The first-order chi connectivity index (χ1) is 13.1. The van der Waals surface area contributed by atoms with E-state index in [0.717, 1.165) is 17.7 Å². The van der Waals surface area contributed by atoms with Gasteiger partial charge in [-0.1, -0.05) is 36.4 Å². The predicted octanol–water partition coefficient (Wildman–Crippen LogP) is 2.30. The summed E-state index contributed by atoms with van der Waals surface area (Å²) in [7, 11) is 0. The van der Waals surface area contributed by atoms with Gasteiger partial charge in [-0.05, 0) is 18.6 Å². The van der Waals surface area contributed by atoms with E-state index in [0.29, 0.717) is 19.0 Å². The van der Waals surface area contributed by atoms with Gasteiger partial charge in [0.25, 0.3) is 0 Å². The van der Waals surface area contributed by atoms with Crippen LogP contribution in [0.5, 0.6) is 5.88 Å². The van der Waals surface area contributed by atoms with Crippen LogP contribution in [0, 0.1) is 6.92 Å². The van der Waals surface area contributed by atoms with Gasteiger partial charge in [0, 0.05) is 24.7 Å². The van der Waals surface area contributed by atoms with Crippen molar-refractivity contribution in [2.45, 2.75) is 26.1 Å². The molecule has 3 rings (SSSR count). The fraction of sp³-hybridized carbons (Fsp3) is 0.350. The summed E-state index contributed by atoms with van der Waals surface area (Å²) in [5, 5.41) is 2.50. The Morgan fingerprint density at radius 3 is 2.78 bits per heavy atom. The number of rotatable bonds is 6. The van der Waals surface area contributed by atoms with Crippen molar-refractivity contribution < 1.29 is 19.1 Å². The van der Waals surface area contributed by atoms with Crippen molar-refractivity contribution in [2.75, 3.05) is 19.6 Å². The highest BCUT2D eigenvalue weighted by atomic mass is 16.5. The number of aryl methyl sites for hydroxylation is 1. The van der Waals surface area contributed by atoms with E-state index >= 15 is 0 Å². The minimum Gasteiger partial charge on any atom is -0.472 e. The van der Waals surface area contributed by atoms with E-state index in [1.54, 1.807) is 4.90 Å². The third-order valence-corrected chi connectivity index (χ3v) is 4.24. The van der Waals surface area contributed by atoms with Crippen molar-refractivity contribution in [1.29, 1.82) is 0 Å². The Hall–Kier alpha value is -3.09. The summed E-state index contributed by atoms with van der Waals surface area (Å²) < 4.78 is 10.9. The lowest BCUT2D eigenvalue weighted by atomic mass is 10.2. The van der Waals surface area contributed by atoms with Gasteiger partial charge in [-0.2, -0.15) is 0 Å². The molecular formula is C20H23N3O4. The molecule has 0 saturated carbocycles. The lowest BCUT2D eigenvalue weighted by molar-refractivity contribution is -0.129. The highest BCUT2D eigenvalue weighted by Gasteiger charge is 2.28. The zero-order valence-corrected chi connectivity index (χ0v) is 15.3. The number of aromatic nitrogens is 1. The number of likely N-dealkylation sites (tertiary alicyclic amines) is 1. The summed E-state index contributed by atoms with van der Waals surface area (Å²) in [4.78, 5) is 30.0. The maximum Gasteiger partial charge on any atom is 0.407 e. The Balaban J connectivity index is 1.38. The monoisotopic (exact) mass is 369 g/mol. The van der Waals surface area contributed by atoms with Crippen LogP contribution in [-0.4, -0.2) is 47.6 Å². The largest absolute Gasteiger partial charge is 0.472 e. The first kappa shape index (κ1) is 18.7. The minimum atomic E-state index is -0.608. The van der Waals surface area contributed by atoms with Crippen molar-refractivity contribution >= 4 is 12.0 Å². The van der Waals surface area contributed by atoms with Crippen LogP contribution in [0.25, 0.3) is 0 Å². The Morgan fingerprint density at radius 1 is 1.19 bits per heavy atom. The van der Waals surface area contributed by atoms with Crippen molar-refractivity contribution in [2.24, 2.45) is 0 Å². The Bertz CT molecular complexity index is 782. The van der Waals surface area contributed by atoms with Gasteiger partial charge >= 0.3 is 6.09 Å². The molecule has 7 nitrogen and oxygen atoms in total. The van der Waals surface area contributed by atoms with Crippen LogP contribution >= 0.6 is 0 Å². The predicted molar refractivity (Wildman–Crippen MR) is 99.2 cm³/mol. The van der Waals surface area contributed by atoms with E-state index in [2.05, 4.69) is 10.3 Å². The number of ether oxygens (including phenoxy) is 2. The van der Waals surface area contributed by atoms with Crippen LogP contribution in [0.3, 0.4) is 0 Å². The van der Waals surface area contributed by atoms with Gasteiger partial charge in [-0.3, -0.25) is 4.79 Å². The van der Waals surface area contributed by atoms with Crippen LogP contribution < -0.4 is 10.1 Å². The minimum absolute atomic E-state index is 0.0896. The molecular weight excluding hydrogens is 346 g/mol. The molecule has 2 heterocycles. The number of nitrogens with one attached hydrogen (secondary N) is 1. The second kappa shape index (κ2) is 9.02. The molecule has 1 N–H and O–H groups in total. The van der Waals surface area contributed by atoms with Gasteiger partial charge in [0.1, 0.15) is 19.3 Å². The third kappa shape index (κ3) is 5.70. The number of benzene rings is 1. The summed E-state index contributed by atoms with van der Waals surface area (Å²) in [5.41, 5.74) is 1.78. The number of pyridine rings is 1. The normalized spacial score (nSPS) is 16.0. The second-order valence-corrected chi connectivity index (χ2v) is 6.40. The quantitative estimate of drug-likeness (QED) is 0.845. The molecule has 0 bridgehead atoms. The standard InChI is InChI=1S/C20H23N3O4/c1-15-6-5-9-18(22-15)27-17-10-11-23(13-17)19(24)12-21-20(25)26-14-16-7-3-2-4-8-16/h2-9,17H,10-14H2,1H3,(H,21,25)/t17-/m0/s1. The van der Waals surface area contributed by atoms with E-state index < -0.39 is 6.09 Å². The van der Waals surface area contributed by atoms with Crippen molar-refractivity contribution in [3.63, 3.8) is 0 Å². The topological polar surface area (TPSA) is 80.8 Å². The number of carbonyl (C=O) groups excluding carboxylic acids is 2. The fourth-order valence-electron chi connectivity index (χ4n) is 2.84. The number of hydrogen-bond acceptors (Lipinski definition) is 5. The molecule has 1 aliphatic heterocycles. The van der Waals surface area contributed by atoms with E-state index in [-0.39, 0.29) is 25.2 Å². The third-order valence-electron chi connectivity index (χ3n) is 4.24. The van der Waals surface area contributed by atoms with Gasteiger partial charge in [0.05, 0.1) is 6.54 Å². The number of hydrogen-bond donors (Lipinski definition) is 1. The zero-order chi connectivity index (χ0) is 19.1. The molecule has 1 aromatic heterocycles. The molecule has 2 amide bonds. The van der Waals surface area contributed by atoms with Gasteiger partial charge in [-0.25, -0.2) is 9.78 Å². The van der Waals surface area contributed by atoms with Gasteiger partial charge < -0.3 is 19.7 Å². The zero-order valence-electron chi connectivity index (χ0n) is 15.3. The van der Waals surface area contributed by atoms with Crippen LogP contribution in [-0.2, 0) is 16.1 Å². The molecule has 0 radical (unpaired) electrons. The molecule has 27 heavy (non-hydrogen) atoms. The molecule has 1 atom stereocenters.